The van der Waals surface area contributed by atoms with Crippen molar-refractivity contribution in [2.24, 2.45) is 0 Å². The van der Waals surface area contributed by atoms with Crippen molar-refractivity contribution in [2.45, 2.75) is 0 Å². The average molecular weight is 795 g/mol. The highest BCUT2D eigenvalue weighted by Crippen LogP contribution is 2.41. The van der Waals surface area contributed by atoms with Gasteiger partial charge in [-0.25, -0.2) is 9.97 Å². The summed E-state index contributed by atoms with van der Waals surface area (Å²) < 4.78 is 2.30. The minimum atomic E-state index is 0.714. The summed E-state index contributed by atoms with van der Waals surface area (Å²) >= 11 is 1.76. The molecule has 3 heteroatoms. The van der Waals surface area contributed by atoms with Crippen LogP contribution in [0.4, 0.5) is 0 Å². The first-order valence-corrected chi connectivity index (χ1v) is 21.4. The van der Waals surface area contributed by atoms with Gasteiger partial charge in [0, 0.05) is 21.2 Å². The van der Waals surface area contributed by atoms with Crippen LogP contribution in [0, 0.1) is 0 Å². The molecule has 0 atom stereocenters. The average Bonchev–Trinajstić information content (AvgIpc) is 3.73. The Morgan fingerprint density at radius 3 is 1.13 bits per heavy atom. The van der Waals surface area contributed by atoms with Gasteiger partial charge in [-0.05, 0) is 103 Å². The second kappa shape index (κ2) is 15.8. The molecule has 0 aliphatic carbocycles. The van der Waals surface area contributed by atoms with Gasteiger partial charge in [0.15, 0.2) is 5.82 Å². The Kier molecular flexibility index (Phi) is 9.42. The van der Waals surface area contributed by atoms with Crippen molar-refractivity contribution in [3.8, 4) is 89.4 Å². The number of aromatic nitrogens is 2. The zero-order chi connectivity index (χ0) is 40.5. The first-order valence-electron chi connectivity index (χ1n) is 20.6. The first kappa shape index (κ1) is 36.4. The van der Waals surface area contributed by atoms with E-state index in [1.807, 2.05) is 0 Å². The molecule has 286 valence electrons. The van der Waals surface area contributed by atoms with E-state index in [0.717, 1.165) is 54.7 Å². The third-order valence-electron chi connectivity index (χ3n) is 11.5. The van der Waals surface area contributed by atoms with Gasteiger partial charge in [0.05, 0.1) is 15.9 Å². The largest absolute Gasteiger partial charge is 0.226 e. The maximum Gasteiger partial charge on any atom is 0.160 e. The van der Waals surface area contributed by atoms with E-state index in [1.54, 1.807) is 11.3 Å². The summed E-state index contributed by atoms with van der Waals surface area (Å²) in [6.45, 7) is 0. The van der Waals surface area contributed by atoms with Crippen LogP contribution in [0.15, 0.2) is 231 Å². The van der Waals surface area contributed by atoms with Gasteiger partial charge in [-0.3, -0.25) is 0 Å². The Labute approximate surface area is 359 Å². The van der Waals surface area contributed by atoms with Gasteiger partial charge < -0.3 is 0 Å². The molecule has 0 fully saturated rings. The lowest BCUT2D eigenvalue weighted by Gasteiger charge is -2.11. The highest BCUT2D eigenvalue weighted by molar-refractivity contribution is 7.26. The van der Waals surface area contributed by atoms with E-state index in [1.165, 1.54) is 49.2 Å². The number of fused-ring (bicyclic) bond motifs is 3. The third kappa shape index (κ3) is 7.22. The van der Waals surface area contributed by atoms with Crippen LogP contribution in [0.25, 0.3) is 110 Å². The van der Waals surface area contributed by atoms with Crippen molar-refractivity contribution in [1.82, 2.24) is 9.97 Å². The third-order valence-corrected chi connectivity index (χ3v) is 12.7. The molecule has 0 N–H and O–H groups in total. The molecule has 0 amide bonds. The number of thiophene rings is 1. The summed E-state index contributed by atoms with van der Waals surface area (Å²) in [6.07, 6.45) is 0. The molecule has 61 heavy (non-hydrogen) atoms. The molecule has 0 spiro atoms. The van der Waals surface area contributed by atoms with Gasteiger partial charge in [0.2, 0.25) is 0 Å². The smallest absolute Gasteiger partial charge is 0.160 e. The Balaban J connectivity index is 0.960. The van der Waals surface area contributed by atoms with Gasteiger partial charge in [-0.15, -0.1) is 11.3 Å². The van der Waals surface area contributed by atoms with E-state index >= 15 is 0 Å². The van der Waals surface area contributed by atoms with Crippen molar-refractivity contribution in [2.75, 3.05) is 0 Å². The fourth-order valence-corrected chi connectivity index (χ4v) is 9.50. The second-order valence-corrected chi connectivity index (χ2v) is 16.4. The summed E-state index contributed by atoms with van der Waals surface area (Å²) in [5.74, 6) is 0.714. The van der Waals surface area contributed by atoms with E-state index in [2.05, 4.69) is 231 Å². The molecule has 0 aliphatic heterocycles. The molecule has 9 aromatic carbocycles. The molecule has 0 saturated carbocycles. The minimum absolute atomic E-state index is 0.714. The summed E-state index contributed by atoms with van der Waals surface area (Å²) in [5, 5.41) is 1.15. The number of benzene rings is 9. The quantitative estimate of drug-likeness (QED) is 0.153. The fourth-order valence-electron chi connectivity index (χ4n) is 8.35. The Morgan fingerprint density at radius 1 is 0.262 bits per heavy atom. The number of nitrogens with zero attached hydrogens (tertiary/aromatic N) is 2. The van der Waals surface area contributed by atoms with Gasteiger partial charge in [-0.2, -0.15) is 0 Å². The highest BCUT2D eigenvalue weighted by atomic mass is 32.1. The lowest BCUT2D eigenvalue weighted by Crippen LogP contribution is -1.94. The molecule has 11 rings (SSSR count). The molecule has 0 bridgehead atoms. The van der Waals surface area contributed by atoms with Crippen LogP contribution < -0.4 is 0 Å². The molecule has 0 aliphatic rings. The summed E-state index contributed by atoms with van der Waals surface area (Å²) in [7, 11) is 0. The van der Waals surface area contributed by atoms with E-state index in [4.69, 9.17) is 9.97 Å². The Morgan fingerprint density at radius 2 is 0.607 bits per heavy atom. The standard InChI is InChI=1S/C58H38N2S/c1-3-14-39(15-4-1)41-30-32-42(33-31-41)44-19-10-21-46(35-44)50-25-13-27-52(38-50)58-59-55(57-56(60-58)53-28-7-8-29-54(53)61-57)51-26-12-24-49(37-51)48-23-11-22-47(36-48)45-20-9-18-43(34-45)40-16-5-2-6-17-40/h1-38H. The van der Waals surface area contributed by atoms with Crippen LogP contribution >= 0.6 is 11.3 Å². The molecular weight excluding hydrogens is 757 g/mol. The summed E-state index contributed by atoms with van der Waals surface area (Å²) in [5.41, 5.74) is 18.2. The van der Waals surface area contributed by atoms with Crippen molar-refractivity contribution >= 4 is 31.6 Å². The van der Waals surface area contributed by atoms with Gasteiger partial charge in [0.25, 0.3) is 0 Å². The predicted octanol–water partition coefficient (Wildman–Crippen LogP) is 16.2. The topological polar surface area (TPSA) is 25.8 Å². The fraction of sp³-hybridized carbons (Fsp3) is 0. The molecule has 0 unspecified atom stereocenters. The highest BCUT2D eigenvalue weighted by Gasteiger charge is 2.18. The van der Waals surface area contributed by atoms with Crippen LogP contribution in [0.5, 0.6) is 0 Å². The van der Waals surface area contributed by atoms with Crippen LogP contribution in [0.2, 0.25) is 0 Å². The zero-order valence-corrected chi connectivity index (χ0v) is 34.1. The van der Waals surface area contributed by atoms with E-state index in [0.29, 0.717) is 5.82 Å². The lowest BCUT2D eigenvalue weighted by atomic mass is 9.95. The molecule has 0 saturated heterocycles. The molecular formula is C58H38N2S. The number of hydrogen-bond acceptors (Lipinski definition) is 3. The van der Waals surface area contributed by atoms with E-state index in [9.17, 15) is 0 Å². The SMILES string of the molecule is c1ccc(-c2ccc(-c3cccc(-c4cccc(-c5nc(-c6cccc(-c7cccc(-c8cccc(-c9ccccc9)c8)c7)c6)c6sc7ccccc7c6n5)c4)c3)cc2)cc1. The van der Waals surface area contributed by atoms with Gasteiger partial charge >= 0.3 is 0 Å². The van der Waals surface area contributed by atoms with Gasteiger partial charge in [-0.1, -0.05) is 194 Å². The maximum atomic E-state index is 5.41. The zero-order valence-electron chi connectivity index (χ0n) is 33.2. The Hall–Kier alpha value is -7.72. The normalized spacial score (nSPS) is 11.3. The van der Waals surface area contributed by atoms with Crippen molar-refractivity contribution < 1.29 is 0 Å². The van der Waals surface area contributed by atoms with Crippen LogP contribution in [-0.4, -0.2) is 9.97 Å². The van der Waals surface area contributed by atoms with Crippen LogP contribution in [0.1, 0.15) is 0 Å². The van der Waals surface area contributed by atoms with Crippen molar-refractivity contribution in [3.63, 3.8) is 0 Å². The molecule has 0 radical (unpaired) electrons. The molecule has 11 aromatic rings. The molecule has 2 aromatic heterocycles. The molecule has 2 nitrogen and oxygen atoms in total. The minimum Gasteiger partial charge on any atom is -0.226 e. The first-order chi connectivity index (χ1) is 30.2. The van der Waals surface area contributed by atoms with E-state index < -0.39 is 0 Å². The predicted molar refractivity (Wildman–Crippen MR) is 258 cm³/mol. The second-order valence-electron chi connectivity index (χ2n) is 15.4. The Bertz CT molecular complexity index is 3350. The van der Waals surface area contributed by atoms with E-state index in [-0.39, 0.29) is 0 Å². The summed E-state index contributed by atoms with van der Waals surface area (Å²) in [4.78, 5) is 10.7. The number of hydrogen-bond donors (Lipinski definition) is 0. The van der Waals surface area contributed by atoms with Gasteiger partial charge in [0.1, 0.15) is 0 Å². The lowest BCUT2D eigenvalue weighted by molar-refractivity contribution is 1.24. The van der Waals surface area contributed by atoms with Crippen molar-refractivity contribution in [3.05, 3.63) is 231 Å². The maximum absolute atomic E-state index is 5.41. The summed E-state index contributed by atoms with van der Waals surface area (Å²) in [6, 6.07) is 82.4. The molecule has 2 heterocycles. The van der Waals surface area contributed by atoms with Crippen LogP contribution in [-0.2, 0) is 0 Å². The van der Waals surface area contributed by atoms with Crippen molar-refractivity contribution in [1.29, 1.82) is 0 Å². The monoisotopic (exact) mass is 794 g/mol. The van der Waals surface area contributed by atoms with Crippen LogP contribution in [0.3, 0.4) is 0 Å². The number of rotatable bonds is 8.